The van der Waals surface area contributed by atoms with Crippen LogP contribution in [0.4, 0.5) is 11.6 Å². The summed E-state index contributed by atoms with van der Waals surface area (Å²) in [4.78, 5) is 18.0. The molecule has 0 radical (unpaired) electrons. The molecule has 0 aliphatic heterocycles. The molecule has 5 aromatic rings. The Morgan fingerprint density at radius 2 is 1.55 bits per heavy atom. The van der Waals surface area contributed by atoms with Crippen LogP contribution >= 0.6 is 0 Å². The van der Waals surface area contributed by atoms with E-state index >= 15 is 0 Å². The maximum Gasteiger partial charge on any atom is 0.251 e. The molecule has 1 amide bonds. The fourth-order valence-electron chi connectivity index (χ4n) is 4.85. The number of rotatable bonds is 12. The summed E-state index contributed by atoms with van der Waals surface area (Å²) < 4.78 is 18.5. The van der Waals surface area contributed by atoms with Crippen LogP contribution in [0.5, 0.6) is 17.2 Å². The lowest BCUT2D eigenvalue weighted by molar-refractivity contribution is 0.0951. The lowest BCUT2D eigenvalue weighted by Gasteiger charge is -2.15. The van der Waals surface area contributed by atoms with Gasteiger partial charge in [0.1, 0.15) is 0 Å². The van der Waals surface area contributed by atoms with Crippen LogP contribution in [0.1, 0.15) is 22.3 Å². The van der Waals surface area contributed by atoms with Gasteiger partial charge in [0.25, 0.3) is 5.91 Å². The Labute approximate surface area is 245 Å². The topological polar surface area (TPSA) is 113 Å². The lowest BCUT2D eigenvalue weighted by atomic mass is 10.0. The summed E-state index contributed by atoms with van der Waals surface area (Å²) in [5.41, 5.74) is 12.0. The molecule has 0 bridgehead atoms. The van der Waals surface area contributed by atoms with Crippen molar-refractivity contribution in [3.05, 3.63) is 96.1 Å². The molecule has 0 saturated heterocycles. The number of aryl methyl sites for hydroxylation is 1. The van der Waals surface area contributed by atoms with E-state index in [-0.39, 0.29) is 5.91 Å². The van der Waals surface area contributed by atoms with Crippen molar-refractivity contribution >= 4 is 28.6 Å². The predicted octanol–water partition coefficient (Wildman–Crippen LogP) is 5.75. The maximum atomic E-state index is 13.2. The van der Waals surface area contributed by atoms with E-state index in [0.717, 1.165) is 34.1 Å². The smallest absolute Gasteiger partial charge is 0.251 e. The Bertz CT molecular complexity index is 1640. The van der Waals surface area contributed by atoms with Gasteiger partial charge < -0.3 is 35.1 Å². The van der Waals surface area contributed by atoms with Crippen LogP contribution in [-0.2, 0) is 13.1 Å². The van der Waals surface area contributed by atoms with Crippen LogP contribution in [0.25, 0.3) is 22.2 Å². The molecule has 1 aromatic heterocycles. The maximum absolute atomic E-state index is 13.2. The zero-order valence-electron chi connectivity index (χ0n) is 24.0. The van der Waals surface area contributed by atoms with Crippen molar-refractivity contribution in [3.8, 4) is 28.4 Å². The number of carbonyl (C=O) groups excluding carboxylic acids is 1. The number of amides is 1. The number of anilines is 2. The number of nitrogens with two attached hydrogens (primary N) is 1. The third kappa shape index (κ3) is 6.16. The molecule has 0 fully saturated rings. The third-order valence-electron chi connectivity index (χ3n) is 7.03. The van der Waals surface area contributed by atoms with Gasteiger partial charge in [-0.1, -0.05) is 54.6 Å². The van der Waals surface area contributed by atoms with E-state index < -0.39 is 0 Å². The Hall–Kier alpha value is -5.02. The molecule has 0 aliphatic carbocycles. The van der Waals surface area contributed by atoms with Gasteiger partial charge in [0.2, 0.25) is 11.7 Å². The van der Waals surface area contributed by atoms with Crippen molar-refractivity contribution < 1.29 is 19.0 Å². The van der Waals surface area contributed by atoms with Gasteiger partial charge in [0, 0.05) is 36.5 Å². The fraction of sp³-hybridized carbons (Fsp3) is 0.212. The second-order valence-corrected chi connectivity index (χ2v) is 9.72. The predicted molar refractivity (Wildman–Crippen MR) is 166 cm³/mol. The molecule has 9 nitrogen and oxygen atoms in total. The van der Waals surface area contributed by atoms with Gasteiger partial charge in [-0.05, 0) is 47.9 Å². The molecule has 0 saturated carbocycles. The van der Waals surface area contributed by atoms with E-state index in [1.807, 2.05) is 59.2 Å². The van der Waals surface area contributed by atoms with Gasteiger partial charge in [-0.2, -0.15) is 0 Å². The molecule has 4 aromatic carbocycles. The summed E-state index contributed by atoms with van der Waals surface area (Å²) in [6.07, 6.45) is 0.741. The summed E-state index contributed by atoms with van der Waals surface area (Å²) in [5, 5.41) is 6.42. The Morgan fingerprint density at radius 3 is 2.19 bits per heavy atom. The van der Waals surface area contributed by atoms with Crippen molar-refractivity contribution in [2.75, 3.05) is 33.2 Å². The number of ether oxygens (including phenoxy) is 3. The molecule has 42 heavy (non-hydrogen) atoms. The van der Waals surface area contributed by atoms with Crippen LogP contribution in [0.3, 0.4) is 0 Å². The zero-order valence-corrected chi connectivity index (χ0v) is 24.0. The molecular weight excluding hydrogens is 530 g/mol. The molecular formula is C33H35N5O4. The summed E-state index contributed by atoms with van der Waals surface area (Å²) >= 11 is 0. The average molecular weight is 566 g/mol. The highest BCUT2D eigenvalue weighted by molar-refractivity contribution is 5.97. The molecule has 0 spiro atoms. The van der Waals surface area contributed by atoms with Gasteiger partial charge in [-0.3, -0.25) is 4.79 Å². The van der Waals surface area contributed by atoms with Gasteiger partial charge in [0.05, 0.1) is 32.4 Å². The Balaban J connectivity index is 1.36. The molecule has 0 aliphatic rings. The van der Waals surface area contributed by atoms with Gasteiger partial charge in [-0.15, -0.1) is 0 Å². The van der Waals surface area contributed by atoms with Crippen molar-refractivity contribution in [2.45, 2.75) is 19.5 Å². The van der Waals surface area contributed by atoms with Crippen molar-refractivity contribution in [1.29, 1.82) is 0 Å². The first-order valence-corrected chi connectivity index (χ1v) is 13.7. The standard InChI is InChI=1S/C33H35N5O4/c1-40-29-19-26(20-30(41-2)31(29)42-3)36-33-37-27-15-14-25(18-28(27)38(33)17-7-16-34)32(39)35-21-22-10-12-24(13-11-22)23-8-5-4-6-9-23/h4-6,8-15,18-20H,7,16-17,21,34H2,1-3H3,(H,35,39)(H,36,37). The fourth-order valence-corrected chi connectivity index (χ4v) is 4.85. The second-order valence-electron chi connectivity index (χ2n) is 9.72. The Kier molecular flexibility index (Phi) is 8.89. The number of hydrogen-bond donors (Lipinski definition) is 3. The van der Waals surface area contributed by atoms with E-state index in [9.17, 15) is 4.79 Å². The number of methoxy groups -OCH3 is 3. The minimum atomic E-state index is -0.158. The number of nitrogens with one attached hydrogen (secondary N) is 2. The van der Waals surface area contributed by atoms with E-state index in [1.165, 1.54) is 0 Å². The van der Waals surface area contributed by atoms with Crippen LogP contribution < -0.4 is 30.6 Å². The average Bonchev–Trinajstić information content (AvgIpc) is 3.38. The highest BCUT2D eigenvalue weighted by Crippen LogP contribution is 2.40. The summed E-state index contributed by atoms with van der Waals surface area (Å²) in [6.45, 7) is 1.57. The number of aromatic nitrogens is 2. The van der Waals surface area contributed by atoms with E-state index in [4.69, 9.17) is 24.9 Å². The number of benzene rings is 4. The van der Waals surface area contributed by atoms with Crippen molar-refractivity contribution in [2.24, 2.45) is 5.73 Å². The number of fused-ring (bicyclic) bond motifs is 1. The van der Waals surface area contributed by atoms with E-state index in [1.54, 1.807) is 27.4 Å². The summed E-state index contributed by atoms with van der Waals surface area (Å²) in [7, 11) is 4.71. The van der Waals surface area contributed by atoms with Crippen LogP contribution in [0.15, 0.2) is 84.9 Å². The molecule has 216 valence electrons. The Morgan fingerprint density at radius 1 is 0.857 bits per heavy atom. The van der Waals surface area contributed by atoms with Crippen LogP contribution in [0.2, 0.25) is 0 Å². The van der Waals surface area contributed by atoms with Gasteiger partial charge in [-0.25, -0.2) is 4.98 Å². The SMILES string of the molecule is COc1cc(Nc2nc3ccc(C(=O)NCc4ccc(-c5ccccc5)cc4)cc3n2CCCN)cc(OC)c1OC. The van der Waals surface area contributed by atoms with Crippen LogP contribution in [-0.4, -0.2) is 43.3 Å². The zero-order chi connectivity index (χ0) is 29.5. The first-order valence-electron chi connectivity index (χ1n) is 13.7. The third-order valence-corrected chi connectivity index (χ3v) is 7.03. The quantitative estimate of drug-likeness (QED) is 0.177. The van der Waals surface area contributed by atoms with Crippen molar-refractivity contribution in [3.63, 3.8) is 0 Å². The number of nitrogens with zero attached hydrogens (tertiary/aromatic N) is 2. The molecule has 1 heterocycles. The van der Waals surface area contributed by atoms with Gasteiger partial charge >= 0.3 is 0 Å². The first-order chi connectivity index (χ1) is 20.5. The van der Waals surface area contributed by atoms with E-state index in [0.29, 0.717) is 54.1 Å². The largest absolute Gasteiger partial charge is 0.493 e. The summed E-state index contributed by atoms with van der Waals surface area (Å²) in [5.74, 6) is 2.01. The monoisotopic (exact) mass is 565 g/mol. The van der Waals surface area contributed by atoms with Crippen LogP contribution in [0, 0.1) is 0 Å². The first kappa shape index (κ1) is 28.5. The molecule has 5 rings (SSSR count). The van der Waals surface area contributed by atoms with E-state index in [2.05, 4.69) is 34.9 Å². The summed E-state index contributed by atoms with van der Waals surface area (Å²) in [6, 6.07) is 27.6. The normalized spacial score (nSPS) is 10.9. The van der Waals surface area contributed by atoms with Gasteiger partial charge in [0.15, 0.2) is 11.5 Å². The highest BCUT2D eigenvalue weighted by Gasteiger charge is 2.17. The minimum absolute atomic E-state index is 0.158. The highest BCUT2D eigenvalue weighted by atomic mass is 16.5. The number of carbonyl (C=O) groups is 1. The second kappa shape index (κ2) is 13.1. The lowest BCUT2D eigenvalue weighted by Crippen LogP contribution is -2.22. The minimum Gasteiger partial charge on any atom is -0.493 e. The molecule has 0 atom stereocenters. The molecule has 0 unspecified atom stereocenters. The van der Waals surface area contributed by atoms with Crippen molar-refractivity contribution in [1.82, 2.24) is 14.9 Å². The number of imidazole rings is 1. The molecule has 9 heteroatoms. The number of hydrogen-bond acceptors (Lipinski definition) is 7. The molecule has 4 N–H and O–H groups in total.